The van der Waals surface area contributed by atoms with E-state index in [4.69, 9.17) is 0 Å². The van der Waals surface area contributed by atoms with Crippen molar-refractivity contribution >= 4 is 64.9 Å². The molecular weight excluding hydrogens is 685 g/mol. The van der Waals surface area contributed by atoms with Crippen molar-refractivity contribution < 1.29 is 0 Å². The molecule has 0 radical (unpaired) electrons. The molecule has 0 aliphatic heterocycles. The standard InChI is InChI=1S/C52H32N2O2/c55-51-43-23-9-7-19-37(43)39-21-11-13-25-47(39)53(51)35-28-30-42-45(31-35)49(33-15-3-1-4-16-33)41-29-27-36(32-46(41)50(42)34-17-5-2-6-18-34)54-48-26-14-12-22-40(48)38-20-8-10-24-44(38)52(54)56/h1-32H. The molecule has 0 fully saturated rings. The molecule has 0 spiro atoms. The van der Waals surface area contributed by atoms with Gasteiger partial charge >= 0.3 is 0 Å². The lowest BCUT2D eigenvalue weighted by molar-refractivity contribution is 1.06. The molecule has 0 aliphatic rings. The van der Waals surface area contributed by atoms with Gasteiger partial charge in [0.25, 0.3) is 11.1 Å². The number of rotatable bonds is 4. The van der Waals surface area contributed by atoms with Gasteiger partial charge in [0, 0.05) is 32.9 Å². The summed E-state index contributed by atoms with van der Waals surface area (Å²) < 4.78 is 3.72. The maximum absolute atomic E-state index is 14.4. The molecule has 0 bridgehead atoms. The first kappa shape index (κ1) is 31.9. The lowest BCUT2D eigenvalue weighted by atomic mass is 9.85. The average Bonchev–Trinajstić information content (AvgIpc) is 3.26. The Morgan fingerprint density at radius 2 is 0.607 bits per heavy atom. The van der Waals surface area contributed by atoms with E-state index in [0.29, 0.717) is 10.8 Å². The van der Waals surface area contributed by atoms with E-state index in [2.05, 4.69) is 97.1 Å². The molecular formula is C52H32N2O2. The van der Waals surface area contributed by atoms with E-state index in [-0.39, 0.29) is 11.1 Å². The van der Waals surface area contributed by atoms with Crippen molar-refractivity contribution in [2.24, 2.45) is 0 Å². The van der Waals surface area contributed by atoms with Crippen molar-refractivity contribution in [3.63, 3.8) is 0 Å². The van der Waals surface area contributed by atoms with E-state index in [1.807, 2.05) is 106 Å². The Balaban J connectivity index is 1.28. The molecule has 4 heteroatoms. The van der Waals surface area contributed by atoms with Crippen molar-refractivity contribution in [3.8, 4) is 33.6 Å². The lowest BCUT2D eigenvalue weighted by Gasteiger charge is -2.21. The molecule has 4 nitrogen and oxygen atoms in total. The Kier molecular flexibility index (Phi) is 7.13. The fourth-order valence-electron chi connectivity index (χ4n) is 8.89. The number of pyridine rings is 2. The zero-order chi connectivity index (χ0) is 37.3. The Hall–Kier alpha value is -7.56. The van der Waals surface area contributed by atoms with E-state index in [9.17, 15) is 9.59 Å². The summed E-state index contributed by atoms with van der Waals surface area (Å²) in [5.74, 6) is 0. The van der Waals surface area contributed by atoms with E-state index in [1.54, 1.807) is 0 Å². The average molecular weight is 717 g/mol. The first-order valence-electron chi connectivity index (χ1n) is 18.9. The second kappa shape index (κ2) is 12.5. The highest BCUT2D eigenvalue weighted by atomic mass is 16.1. The van der Waals surface area contributed by atoms with Gasteiger partial charge in [-0.25, -0.2) is 0 Å². The van der Waals surface area contributed by atoms with E-state index >= 15 is 0 Å². The topological polar surface area (TPSA) is 44.0 Å². The summed E-state index contributed by atoms with van der Waals surface area (Å²) >= 11 is 0. The predicted octanol–water partition coefficient (Wildman–Crippen LogP) is 12.2. The maximum Gasteiger partial charge on any atom is 0.263 e. The third-order valence-electron chi connectivity index (χ3n) is 11.3. The molecule has 0 aliphatic carbocycles. The van der Waals surface area contributed by atoms with Crippen LogP contribution in [-0.4, -0.2) is 9.13 Å². The van der Waals surface area contributed by atoms with Gasteiger partial charge in [0.1, 0.15) is 0 Å². The van der Waals surface area contributed by atoms with Crippen LogP contribution in [0, 0.1) is 0 Å². The minimum Gasteiger partial charge on any atom is -0.276 e. The van der Waals surface area contributed by atoms with Crippen molar-refractivity contribution in [3.05, 3.63) is 215 Å². The lowest BCUT2D eigenvalue weighted by Crippen LogP contribution is -2.19. The van der Waals surface area contributed by atoms with E-state index in [0.717, 1.165) is 87.8 Å². The Morgan fingerprint density at radius 3 is 1.02 bits per heavy atom. The van der Waals surface area contributed by atoms with Gasteiger partial charge in [-0.05, 0) is 103 Å². The molecule has 0 N–H and O–H groups in total. The zero-order valence-corrected chi connectivity index (χ0v) is 30.2. The van der Waals surface area contributed by atoms with Crippen LogP contribution in [0.4, 0.5) is 0 Å². The highest BCUT2D eigenvalue weighted by Gasteiger charge is 2.21. The van der Waals surface area contributed by atoms with Crippen molar-refractivity contribution in [1.29, 1.82) is 0 Å². The Labute approximate surface area is 321 Å². The molecule has 9 aromatic carbocycles. The van der Waals surface area contributed by atoms with Crippen LogP contribution in [0.2, 0.25) is 0 Å². The van der Waals surface area contributed by atoms with Gasteiger partial charge in [-0.1, -0.05) is 146 Å². The highest BCUT2D eigenvalue weighted by Crippen LogP contribution is 2.45. The van der Waals surface area contributed by atoms with Crippen LogP contribution in [0.3, 0.4) is 0 Å². The van der Waals surface area contributed by atoms with Crippen LogP contribution in [0.25, 0.3) is 98.5 Å². The monoisotopic (exact) mass is 716 g/mol. The summed E-state index contributed by atoms with van der Waals surface area (Å²) in [6.45, 7) is 0. The van der Waals surface area contributed by atoms with Crippen LogP contribution in [0.15, 0.2) is 204 Å². The fraction of sp³-hybridized carbons (Fsp3) is 0. The number of hydrogen-bond acceptors (Lipinski definition) is 2. The van der Waals surface area contributed by atoms with E-state index in [1.165, 1.54) is 0 Å². The van der Waals surface area contributed by atoms with Gasteiger partial charge < -0.3 is 0 Å². The van der Waals surface area contributed by atoms with Crippen LogP contribution < -0.4 is 11.1 Å². The van der Waals surface area contributed by atoms with Crippen LogP contribution in [-0.2, 0) is 0 Å². The number of nitrogens with zero attached hydrogens (tertiary/aromatic N) is 2. The van der Waals surface area contributed by atoms with Crippen LogP contribution in [0.1, 0.15) is 0 Å². The Morgan fingerprint density at radius 1 is 0.268 bits per heavy atom. The first-order chi connectivity index (χ1) is 27.7. The molecule has 11 rings (SSSR count). The van der Waals surface area contributed by atoms with Gasteiger partial charge in [0.2, 0.25) is 0 Å². The van der Waals surface area contributed by atoms with Gasteiger partial charge in [-0.2, -0.15) is 0 Å². The minimum absolute atomic E-state index is 0.0540. The van der Waals surface area contributed by atoms with Gasteiger partial charge in [-0.3, -0.25) is 18.7 Å². The third-order valence-corrected chi connectivity index (χ3v) is 11.3. The largest absolute Gasteiger partial charge is 0.276 e. The van der Waals surface area contributed by atoms with Crippen molar-refractivity contribution in [2.75, 3.05) is 0 Å². The predicted molar refractivity (Wildman–Crippen MR) is 234 cm³/mol. The summed E-state index contributed by atoms with van der Waals surface area (Å²) in [6, 6.07) is 65.8. The summed E-state index contributed by atoms with van der Waals surface area (Å²) in [4.78, 5) is 28.9. The van der Waals surface area contributed by atoms with Gasteiger partial charge in [0.05, 0.1) is 11.0 Å². The summed E-state index contributed by atoms with van der Waals surface area (Å²) in [5.41, 5.74) is 7.47. The zero-order valence-electron chi connectivity index (χ0n) is 30.2. The number of fused-ring (bicyclic) bond motifs is 8. The van der Waals surface area contributed by atoms with Crippen LogP contribution >= 0.6 is 0 Å². The molecule has 56 heavy (non-hydrogen) atoms. The fourth-order valence-corrected chi connectivity index (χ4v) is 8.89. The van der Waals surface area contributed by atoms with Crippen LogP contribution in [0.5, 0.6) is 0 Å². The summed E-state index contributed by atoms with van der Waals surface area (Å²) in [6.07, 6.45) is 0. The minimum atomic E-state index is -0.0540. The number of benzene rings is 9. The first-order valence-corrected chi connectivity index (χ1v) is 18.9. The molecule has 0 saturated heterocycles. The molecule has 0 amide bonds. The molecule has 11 aromatic rings. The molecule has 0 atom stereocenters. The molecule has 0 saturated carbocycles. The number of aromatic nitrogens is 2. The number of hydrogen-bond donors (Lipinski definition) is 0. The summed E-state index contributed by atoms with van der Waals surface area (Å²) in [5, 5.41) is 9.48. The third kappa shape index (κ3) is 4.73. The van der Waals surface area contributed by atoms with Gasteiger partial charge in [0.15, 0.2) is 0 Å². The quantitative estimate of drug-likeness (QED) is 0.134. The normalized spacial score (nSPS) is 11.7. The van der Waals surface area contributed by atoms with Gasteiger partial charge in [-0.15, -0.1) is 0 Å². The highest BCUT2D eigenvalue weighted by molar-refractivity contribution is 6.22. The molecule has 2 aromatic heterocycles. The van der Waals surface area contributed by atoms with Crippen molar-refractivity contribution in [2.45, 2.75) is 0 Å². The second-order valence-electron chi connectivity index (χ2n) is 14.3. The Bertz CT molecular complexity index is 3270. The molecule has 262 valence electrons. The SMILES string of the molecule is O=c1c2ccccc2c2ccccc2n1-c1ccc2c(-c3ccccc3)c3cc(-n4c(=O)c5ccccc5c5ccccc54)ccc3c(-c3ccccc3)c2c1. The number of para-hydroxylation sites is 2. The maximum atomic E-state index is 14.4. The molecule has 0 unspecified atom stereocenters. The van der Waals surface area contributed by atoms with E-state index < -0.39 is 0 Å². The van der Waals surface area contributed by atoms with Crippen molar-refractivity contribution in [1.82, 2.24) is 9.13 Å². The summed E-state index contributed by atoms with van der Waals surface area (Å²) in [7, 11) is 0. The second-order valence-corrected chi connectivity index (χ2v) is 14.3. The smallest absolute Gasteiger partial charge is 0.263 e. The molecule has 2 heterocycles.